The molecule has 0 radical (unpaired) electrons. The third-order valence-corrected chi connectivity index (χ3v) is 6.91. The zero-order valence-electron chi connectivity index (χ0n) is 13.5. The van der Waals surface area contributed by atoms with Gasteiger partial charge in [-0.3, -0.25) is 4.79 Å². The van der Waals surface area contributed by atoms with Crippen molar-refractivity contribution in [2.24, 2.45) is 0 Å². The van der Waals surface area contributed by atoms with E-state index in [1.54, 1.807) is 19.2 Å². The van der Waals surface area contributed by atoms with Crippen molar-refractivity contribution in [2.45, 2.75) is 43.5 Å². The number of methoxy groups -OCH3 is 1. The number of aliphatic hydroxyl groups excluding tert-OH is 1. The number of amides is 1. The highest BCUT2D eigenvalue weighted by Crippen LogP contribution is 2.39. The van der Waals surface area contributed by atoms with Crippen molar-refractivity contribution in [2.75, 3.05) is 19.4 Å². The van der Waals surface area contributed by atoms with Gasteiger partial charge in [0.2, 0.25) is 5.91 Å². The highest BCUT2D eigenvalue weighted by atomic mass is 33.1. The summed E-state index contributed by atoms with van der Waals surface area (Å²) in [5, 5.41) is 13.7. The molecule has 2 atom stereocenters. The predicted octanol–water partition coefficient (Wildman–Crippen LogP) is 3.56. The zero-order valence-corrected chi connectivity index (χ0v) is 15.1. The molecule has 1 amide bonds. The van der Waals surface area contributed by atoms with Gasteiger partial charge in [-0.25, -0.2) is 0 Å². The summed E-state index contributed by atoms with van der Waals surface area (Å²) in [7, 11) is 5.56. The molecule has 1 saturated heterocycles. The molecule has 2 unspecified atom stereocenters. The minimum Gasteiger partial charge on any atom is -0.497 e. The second kappa shape index (κ2) is 10.1. The van der Waals surface area contributed by atoms with Gasteiger partial charge >= 0.3 is 0 Å². The fourth-order valence-electron chi connectivity index (χ4n) is 2.46. The third kappa shape index (κ3) is 6.65. The topological polar surface area (TPSA) is 58.6 Å². The Kier molecular flexibility index (Phi) is 8.12. The molecule has 4 nitrogen and oxygen atoms in total. The number of ether oxygens (including phenoxy) is 1. The molecule has 0 bridgehead atoms. The van der Waals surface area contributed by atoms with Crippen molar-refractivity contribution in [3.8, 4) is 5.75 Å². The van der Waals surface area contributed by atoms with Crippen molar-refractivity contribution in [1.29, 1.82) is 0 Å². The first-order valence-electron chi connectivity index (χ1n) is 8.06. The summed E-state index contributed by atoms with van der Waals surface area (Å²) in [5.41, 5.74) is 0.779. The summed E-state index contributed by atoms with van der Waals surface area (Å²) < 4.78 is 5.08. The molecule has 6 heteroatoms. The van der Waals surface area contributed by atoms with Crippen LogP contribution < -0.4 is 10.1 Å². The van der Waals surface area contributed by atoms with Gasteiger partial charge in [-0.15, -0.1) is 0 Å². The van der Waals surface area contributed by atoms with Gasteiger partial charge in [-0.1, -0.05) is 40.1 Å². The first-order chi connectivity index (χ1) is 11.2. The summed E-state index contributed by atoms with van der Waals surface area (Å²) in [6.45, 7) is 0.250. The molecule has 0 spiro atoms. The van der Waals surface area contributed by atoms with Gasteiger partial charge < -0.3 is 15.2 Å². The molecular formula is C17H25NO3S2. The van der Waals surface area contributed by atoms with Gasteiger partial charge in [0.1, 0.15) is 5.75 Å². The number of aliphatic hydroxyl groups is 1. The van der Waals surface area contributed by atoms with E-state index in [1.807, 2.05) is 33.7 Å². The van der Waals surface area contributed by atoms with Crippen molar-refractivity contribution < 1.29 is 14.6 Å². The molecule has 1 aliphatic heterocycles. The fraction of sp³-hybridized carbons (Fsp3) is 0.588. The molecule has 1 aromatic carbocycles. The van der Waals surface area contributed by atoms with Gasteiger partial charge in [0.15, 0.2) is 0 Å². The minimum atomic E-state index is -0.684. The van der Waals surface area contributed by atoms with E-state index in [0.29, 0.717) is 6.42 Å². The van der Waals surface area contributed by atoms with Crippen LogP contribution in [0.15, 0.2) is 24.3 Å². The van der Waals surface area contributed by atoms with Crippen LogP contribution in [0.4, 0.5) is 0 Å². The van der Waals surface area contributed by atoms with E-state index in [0.717, 1.165) is 29.4 Å². The maximum Gasteiger partial charge on any atom is 0.220 e. The van der Waals surface area contributed by atoms with E-state index < -0.39 is 6.10 Å². The third-order valence-electron chi connectivity index (χ3n) is 3.90. The monoisotopic (exact) mass is 355 g/mol. The van der Waals surface area contributed by atoms with Gasteiger partial charge in [0, 0.05) is 24.0 Å². The van der Waals surface area contributed by atoms with Crippen LogP contribution in [0.25, 0.3) is 0 Å². The summed E-state index contributed by atoms with van der Waals surface area (Å²) in [4.78, 5) is 11.8. The Morgan fingerprint density at radius 2 is 2.17 bits per heavy atom. The van der Waals surface area contributed by atoms with Crippen LogP contribution in [0.3, 0.4) is 0 Å². The maximum atomic E-state index is 11.8. The molecule has 128 valence electrons. The number of unbranched alkanes of at least 4 members (excludes halogenated alkanes) is 1. The highest BCUT2D eigenvalue weighted by Gasteiger charge is 2.16. The van der Waals surface area contributed by atoms with Crippen LogP contribution >= 0.6 is 21.6 Å². The highest BCUT2D eigenvalue weighted by molar-refractivity contribution is 8.77. The van der Waals surface area contributed by atoms with Gasteiger partial charge in [0.25, 0.3) is 0 Å². The predicted molar refractivity (Wildman–Crippen MR) is 97.9 cm³/mol. The summed E-state index contributed by atoms with van der Waals surface area (Å²) in [6, 6.07) is 7.24. The van der Waals surface area contributed by atoms with Crippen molar-refractivity contribution >= 4 is 27.5 Å². The van der Waals surface area contributed by atoms with E-state index in [4.69, 9.17) is 4.74 Å². The van der Waals surface area contributed by atoms with Crippen LogP contribution in [0, 0.1) is 0 Å². The summed E-state index contributed by atoms with van der Waals surface area (Å²) in [6.07, 6.45) is 4.39. The number of nitrogens with one attached hydrogen (secondary N) is 1. The zero-order chi connectivity index (χ0) is 16.5. The Labute approximate surface area is 146 Å². The van der Waals surface area contributed by atoms with E-state index in [-0.39, 0.29) is 12.5 Å². The van der Waals surface area contributed by atoms with Crippen molar-refractivity contribution in [1.82, 2.24) is 5.32 Å². The first-order valence-corrected chi connectivity index (χ1v) is 10.4. The maximum absolute atomic E-state index is 11.8. The number of rotatable bonds is 9. The average Bonchev–Trinajstić information content (AvgIpc) is 3.10. The molecule has 1 aliphatic rings. The number of hydrogen-bond acceptors (Lipinski definition) is 5. The molecule has 0 aromatic heterocycles. The quantitative estimate of drug-likeness (QED) is 0.524. The second-order valence-electron chi connectivity index (χ2n) is 5.67. The Bertz CT molecular complexity index is 475. The summed E-state index contributed by atoms with van der Waals surface area (Å²) in [5.74, 6) is 2.04. The van der Waals surface area contributed by atoms with E-state index in [9.17, 15) is 9.90 Å². The van der Waals surface area contributed by atoms with Crippen LogP contribution in [-0.2, 0) is 4.79 Å². The van der Waals surface area contributed by atoms with Gasteiger partial charge in [-0.2, -0.15) is 0 Å². The van der Waals surface area contributed by atoms with Crippen LogP contribution in [0.2, 0.25) is 0 Å². The first kappa shape index (κ1) is 18.5. The van der Waals surface area contributed by atoms with Gasteiger partial charge in [-0.05, 0) is 37.0 Å². The molecular weight excluding hydrogens is 330 g/mol. The number of hydrogen-bond donors (Lipinski definition) is 2. The average molecular weight is 356 g/mol. The lowest BCUT2D eigenvalue weighted by atomic mass is 10.1. The smallest absolute Gasteiger partial charge is 0.220 e. The number of carbonyl (C=O) groups is 1. The Morgan fingerprint density at radius 3 is 2.83 bits per heavy atom. The SMILES string of the molecule is COc1ccc(C(O)CNC(=O)CCCCC2CCSS2)cc1. The Morgan fingerprint density at radius 1 is 1.39 bits per heavy atom. The second-order valence-corrected chi connectivity index (χ2v) is 8.46. The van der Waals surface area contributed by atoms with E-state index in [2.05, 4.69) is 5.32 Å². The normalized spacial score (nSPS) is 18.6. The summed E-state index contributed by atoms with van der Waals surface area (Å²) >= 11 is 0. The fourth-order valence-corrected chi connectivity index (χ4v) is 5.49. The number of carbonyl (C=O) groups excluding carboxylic acids is 1. The number of benzene rings is 1. The van der Waals surface area contributed by atoms with E-state index in [1.165, 1.54) is 18.6 Å². The van der Waals surface area contributed by atoms with Crippen LogP contribution in [0.1, 0.15) is 43.8 Å². The molecule has 1 heterocycles. The molecule has 0 aliphatic carbocycles. The largest absolute Gasteiger partial charge is 0.497 e. The molecule has 2 N–H and O–H groups in total. The Hall–Kier alpha value is -0.850. The lowest BCUT2D eigenvalue weighted by molar-refractivity contribution is -0.121. The standard InChI is InChI=1S/C17H25NO3S2/c1-21-14-8-6-13(7-9-14)16(19)12-18-17(20)5-3-2-4-15-10-11-22-23-15/h6-9,15-16,19H,2-5,10-12H2,1H3,(H,18,20). The van der Waals surface area contributed by atoms with Crippen molar-refractivity contribution in [3.63, 3.8) is 0 Å². The van der Waals surface area contributed by atoms with Crippen LogP contribution in [0.5, 0.6) is 5.75 Å². The molecule has 1 fully saturated rings. The van der Waals surface area contributed by atoms with Crippen LogP contribution in [-0.4, -0.2) is 35.7 Å². The van der Waals surface area contributed by atoms with Gasteiger partial charge in [0.05, 0.1) is 13.2 Å². The molecule has 1 aromatic rings. The Balaban J connectivity index is 1.59. The molecule has 23 heavy (non-hydrogen) atoms. The molecule has 0 saturated carbocycles. The lowest BCUT2D eigenvalue weighted by Crippen LogP contribution is -2.28. The molecule has 2 rings (SSSR count). The van der Waals surface area contributed by atoms with Crippen molar-refractivity contribution in [3.05, 3.63) is 29.8 Å². The lowest BCUT2D eigenvalue weighted by Gasteiger charge is -2.13. The van der Waals surface area contributed by atoms with E-state index >= 15 is 0 Å². The minimum absolute atomic E-state index is 0.0195.